The number of hydrogen-bond donors (Lipinski definition) is 0. The molecule has 0 aromatic carbocycles. The molecule has 0 aliphatic heterocycles. The van der Waals surface area contributed by atoms with E-state index in [9.17, 15) is 0 Å². The van der Waals surface area contributed by atoms with Crippen LogP contribution in [0.4, 0.5) is 0 Å². The summed E-state index contributed by atoms with van der Waals surface area (Å²) in [5.41, 5.74) is 3.11. The van der Waals surface area contributed by atoms with E-state index in [1.54, 1.807) is 12.1 Å². The third-order valence-corrected chi connectivity index (χ3v) is 5.45. The number of rotatable bonds is 1. The molecule has 1 aliphatic carbocycles. The van der Waals surface area contributed by atoms with Crippen LogP contribution in [0.3, 0.4) is 0 Å². The Balaban J connectivity index is 0. The first-order chi connectivity index (χ1) is 5.11. The van der Waals surface area contributed by atoms with E-state index in [1.807, 2.05) is 0 Å². The minimum atomic E-state index is -0.283. The smallest absolute Gasteiger partial charge is 1.00 e. The van der Waals surface area contributed by atoms with E-state index in [4.69, 9.17) is 0 Å². The summed E-state index contributed by atoms with van der Waals surface area (Å²) in [6.07, 6.45) is 3.63. The van der Waals surface area contributed by atoms with Gasteiger partial charge in [0.15, 0.2) is 0 Å². The Morgan fingerprint density at radius 3 is 2.08 bits per heavy atom. The largest absolute Gasteiger partial charge is 1.00 e. The fraction of sp³-hybridized carbons (Fsp3) is 0.500. The van der Waals surface area contributed by atoms with Gasteiger partial charge >= 0.3 is 80.6 Å². The molecule has 0 N–H and O–H groups in total. The van der Waals surface area contributed by atoms with E-state index < -0.39 is 0 Å². The van der Waals surface area contributed by atoms with Gasteiger partial charge in [-0.15, -0.1) is 0 Å². The van der Waals surface area contributed by atoms with E-state index in [0.717, 1.165) is 0 Å². The molecule has 0 nitrogen and oxygen atoms in total. The predicted molar refractivity (Wildman–Crippen MR) is 47.4 cm³/mol. The summed E-state index contributed by atoms with van der Waals surface area (Å²) in [6, 6.07) is 0. The molecule has 0 amide bonds. The van der Waals surface area contributed by atoms with Gasteiger partial charge in [0.25, 0.3) is 0 Å². The molecule has 0 spiro atoms. The van der Waals surface area contributed by atoms with Gasteiger partial charge in [-0.2, -0.15) is 0 Å². The maximum atomic E-state index is 2.37. The summed E-state index contributed by atoms with van der Waals surface area (Å²) in [7, 11) is 0. The zero-order chi connectivity index (χ0) is 8.43. The molecule has 0 aromatic heterocycles. The zero-order valence-electron chi connectivity index (χ0n) is 8.54. The molecule has 0 heterocycles. The fourth-order valence-electron chi connectivity index (χ4n) is 1.25. The molecule has 73 valence electrons. The average molecular weight is 297 g/mol. The first-order valence-electron chi connectivity index (χ1n) is 4.05. The van der Waals surface area contributed by atoms with Crippen molar-refractivity contribution in [1.82, 2.24) is 0 Å². The standard InChI is InChI=1S/C7H9.C3H6.2ClH.Zr/c1-6-4-3-5-7(6)2;1-3-2;;;/h4H,3H2,1-2H3;1-2H3;2*1H;/q;;;;+2/p-2. The van der Waals surface area contributed by atoms with Crippen LogP contribution in [0, 0.1) is 0 Å². The van der Waals surface area contributed by atoms with Crippen LogP contribution in [-0.4, -0.2) is 3.21 Å². The molecule has 0 aromatic rings. The summed E-state index contributed by atoms with van der Waals surface area (Å²) in [6.45, 7) is 9.06. The van der Waals surface area contributed by atoms with Crippen LogP contribution in [0.1, 0.15) is 34.1 Å². The quantitative estimate of drug-likeness (QED) is 0.481. The first kappa shape index (κ1) is 16.3. The van der Waals surface area contributed by atoms with E-state index in [0.29, 0.717) is 0 Å². The molecule has 3 heteroatoms. The molecule has 0 atom stereocenters. The van der Waals surface area contributed by atoms with Crippen molar-refractivity contribution in [2.45, 2.75) is 34.1 Å². The molecule has 0 saturated heterocycles. The third-order valence-electron chi connectivity index (χ3n) is 2.06. The van der Waals surface area contributed by atoms with Gasteiger partial charge in [0, 0.05) is 0 Å². The second kappa shape index (κ2) is 7.15. The molecule has 0 saturated carbocycles. The summed E-state index contributed by atoms with van der Waals surface area (Å²) >= 11 is -0.283. The maximum absolute atomic E-state index is 2.37. The van der Waals surface area contributed by atoms with E-state index in [-0.39, 0.29) is 47.6 Å². The molecule has 0 unspecified atom stereocenters. The van der Waals surface area contributed by atoms with Crippen molar-refractivity contribution >= 4 is 3.21 Å². The minimum absolute atomic E-state index is 0. The SMILES string of the molecule is CC1=CC[C]([Zr+2]=[C](C)C)=C1C.[Cl-].[Cl-]. The summed E-state index contributed by atoms with van der Waals surface area (Å²) in [5, 5.41) is 0. The van der Waals surface area contributed by atoms with E-state index in [2.05, 4.69) is 33.8 Å². The normalized spacial score (nSPS) is 14.0. The number of hydrogen-bond acceptors (Lipinski definition) is 0. The van der Waals surface area contributed by atoms with Crippen molar-refractivity contribution in [2.24, 2.45) is 0 Å². The molecule has 13 heavy (non-hydrogen) atoms. The van der Waals surface area contributed by atoms with Crippen molar-refractivity contribution in [2.75, 3.05) is 0 Å². The average Bonchev–Trinajstić information content (AvgIpc) is 2.18. The van der Waals surface area contributed by atoms with Gasteiger partial charge in [-0.1, -0.05) is 0 Å². The van der Waals surface area contributed by atoms with E-state index in [1.165, 1.54) is 12.0 Å². The van der Waals surface area contributed by atoms with Gasteiger partial charge in [0.1, 0.15) is 0 Å². The Bertz CT molecular complexity index is 258. The molecule has 1 aliphatic rings. The molecule has 1 rings (SSSR count). The maximum Gasteiger partial charge on any atom is -1.00 e. The number of allylic oxidation sites excluding steroid dienone is 4. The Hall–Kier alpha value is 0.813. The van der Waals surface area contributed by atoms with Crippen molar-refractivity contribution in [3.8, 4) is 0 Å². The van der Waals surface area contributed by atoms with Crippen molar-refractivity contribution < 1.29 is 47.6 Å². The molecule has 0 radical (unpaired) electrons. The van der Waals surface area contributed by atoms with Crippen molar-refractivity contribution in [3.05, 3.63) is 20.5 Å². The van der Waals surface area contributed by atoms with Gasteiger partial charge < -0.3 is 24.8 Å². The van der Waals surface area contributed by atoms with Crippen LogP contribution in [0.5, 0.6) is 0 Å². The zero-order valence-corrected chi connectivity index (χ0v) is 12.5. The van der Waals surface area contributed by atoms with Gasteiger partial charge in [-0.25, -0.2) is 0 Å². The Morgan fingerprint density at radius 2 is 1.77 bits per heavy atom. The second-order valence-corrected chi connectivity index (χ2v) is 7.88. The van der Waals surface area contributed by atoms with Crippen LogP contribution in [-0.2, 0) is 22.8 Å². The van der Waals surface area contributed by atoms with Gasteiger partial charge in [-0.3, -0.25) is 0 Å². The van der Waals surface area contributed by atoms with Crippen LogP contribution < -0.4 is 24.8 Å². The molecular weight excluding hydrogens is 282 g/mol. The van der Waals surface area contributed by atoms with Crippen LogP contribution >= 0.6 is 0 Å². The van der Waals surface area contributed by atoms with Crippen LogP contribution in [0.15, 0.2) is 20.5 Å². The number of halogens is 2. The van der Waals surface area contributed by atoms with Gasteiger partial charge in [0.05, 0.1) is 0 Å². The fourth-order valence-corrected chi connectivity index (χ4v) is 4.18. The topological polar surface area (TPSA) is 0 Å². The summed E-state index contributed by atoms with van der Waals surface area (Å²) in [5.74, 6) is 0. The van der Waals surface area contributed by atoms with E-state index >= 15 is 0 Å². The Labute approximate surface area is 105 Å². The molecule has 0 bridgehead atoms. The first-order valence-corrected chi connectivity index (χ1v) is 6.51. The molecular formula is C10H15Cl2Zr. The minimum Gasteiger partial charge on any atom is -1.00 e. The predicted octanol–water partition coefficient (Wildman–Crippen LogP) is -3.09. The summed E-state index contributed by atoms with van der Waals surface area (Å²) < 4.78 is 3.47. The molecule has 0 fully saturated rings. The van der Waals surface area contributed by atoms with Gasteiger partial charge in [-0.05, 0) is 0 Å². The van der Waals surface area contributed by atoms with Crippen molar-refractivity contribution in [1.29, 1.82) is 0 Å². The van der Waals surface area contributed by atoms with Gasteiger partial charge in [0.2, 0.25) is 0 Å². The van der Waals surface area contributed by atoms with Crippen LogP contribution in [0.25, 0.3) is 0 Å². The second-order valence-electron chi connectivity index (χ2n) is 3.32. The Morgan fingerprint density at radius 1 is 1.23 bits per heavy atom. The summed E-state index contributed by atoms with van der Waals surface area (Å²) in [4.78, 5) is 0. The Kier molecular flexibility index (Phi) is 8.94. The van der Waals surface area contributed by atoms with Crippen molar-refractivity contribution in [3.63, 3.8) is 0 Å². The monoisotopic (exact) mass is 295 g/mol. The third kappa shape index (κ3) is 4.72. The van der Waals surface area contributed by atoms with Crippen LogP contribution in [0.2, 0.25) is 0 Å².